The third kappa shape index (κ3) is 5.71. The van der Waals surface area contributed by atoms with Crippen LogP contribution in [0.1, 0.15) is 22.3 Å². The number of aryl methyl sites for hydroxylation is 1. The molecule has 3 rings (SSSR count). The van der Waals surface area contributed by atoms with Gasteiger partial charge in [0.05, 0.1) is 0 Å². The fourth-order valence-corrected chi connectivity index (χ4v) is 3.29. The number of fused-ring (bicyclic) bond motifs is 1. The highest BCUT2D eigenvalue weighted by Gasteiger charge is 2.15. The van der Waals surface area contributed by atoms with Crippen molar-refractivity contribution in [2.75, 3.05) is 26.7 Å². The summed E-state index contributed by atoms with van der Waals surface area (Å²) < 4.78 is 0. The Kier molecular flexibility index (Phi) is 8.38. The van der Waals surface area contributed by atoms with Crippen molar-refractivity contribution in [1.82, 2.24) is 15.5 Å². The number of halogens is 1. The van der Waals surface area contributed by atoms with Gasteiger partial charge in [0.15, 0.2) is 5.96 Å². The second-order valence-electron chi connectivity index (χ2n) is 6.57. The summed E-state index contributed by atoms with van der Waals surface area (Å²) in [5.41, 5.74) is 5.58. The number of rotatable bonds is 5. The number of aliphatic imine (C=N–C) groups is 1. The molecular formula is C21H29IN4. The van der Waals surface area contributed by atoms with Crippen LogP contribution < -0.4 is 10.6 Å². The molecule has 1 aliphatic heterocycles. The molecule has 2 N–H and O–H groups in total. The molecule has 1 aliphatic rings. The van der Waals surface area contributed by atoms with Gasteiger partial charge in [-0.05, 0) is 35.6 Å². The molecule has 1 heterocycles. The Labute approximate surface area is 174 Å². The van der Waals surface area contributed by atoms with Gasteiger partial charge in [-0.2, -0.15) is 0 Å². The Bertz CT molecular complexity index is 729. The van der Waals surface area contributed by atoms with E-state index in [4.69, 9.17) is 0 Å². The van der Waals surface area contributed by atoms with Gasteiger partial charge >= 0.3 is 0 Å². The van der Waals surface area contributed by atoms with Crippen molar-refractivity contribution in [3.63, 3.8) is 0 Å². The number of benzene rings is 2. The van der Waals surface area contributed by atoms with Crippen LogP contribution in [0.2, 0.25) is 0 Å². The fraction of sp³-hybridized carbons (Fsp3) is 0.381. The maximum absolute atomic E-state index is 4.33. The SMILES string of the molecule is CN=C(NCCN1CCc2ccccc2C1)NCc1ccccc1C.I. The van der Waals surface area contributed by atoms with Crippen molar-refractivity contribution in [3.05, 3.63) is 70.8 Å². The van der Waals surface area contributed by atoms with Gasteiger partial charge < -0.3 is 10.6 Å². The van der Waals surface area contributed by atoms with Crippen molar-refractivity contribution < 1.29 is 0 Å². The summed E-state index contributed by atoms with van der Waals surface area (Å²) in [7, 11) is 1.82. The van der Waals surface area contributed by atoms with E-state index in [-0.39, 0.29) is 24.0 Å². The number of nitrogens with zero attached hydrogens (tertiary/aromatic N) is 2. The number of nitrogens with one attached hydrogen (secondary N) is 2. The molecule has 5 heteroatoms. The molecule has 0 bridgehead atoms. The smallest absolute Gasteiger partial charge is 0.191 e. The standard InChI is InChI=1S/C21H28N4.HI/c1-17-7-3-4-9-19(17)15-24-21(22-2)23-12-14-25-13-11-18-8-5-6-10-20(18)16-25;/h3-10H,11-16H2,1-2H3,(H2,22,23,24);1H. The Hall–Kier alpha value is -1.60. The molecule has 4 nitrogen and oxygen atoms in total. The van der Waals surface area contributed by atoms with Crippen molar-refractivity contribution in [1.29, 1.82) is 0 Å². The lowest BCUT2D eigenvalue weighted by atomic mass is 10.00. The van der Waals surface area contributed by atoms with Gasteiger partial charge in [-0.3, -0.25) is 9.89 Å². The van der Waals surface area contributed by atoms with E-state index >= 15 is 0 Å². The number of guanidine groups is 1. The first-order chi connectivity index (χ1) is 12.3. The summed E-state index contributed by atoms with van der Waals surface area (Å²) >= 11 is 0. The molecule has 2 aromatic carbocycles. The highest BCUT2D eigenvalue weighted by molar-refractivity contribution is 14.0. The topological polar surface area (TPSA) is 39.7 Å². The summed E-state index contributed by atoms with van der Waals surface area (Å²) in [5.74, 6) is 0.862. The lowest BCUT2D eigenvalue weighted by molar-refractivity contribution is 0.258. The minimum atomic E-state index is 0. The van der Waals surface area contributed by atoms with E-state index in [1.165, 1.54) is 22.3 Å². The Morgan fingerprint density at radius 2 is 1.77 bits per heavy atom. The zero-order valence-electron chi connectivity index (χ0n) is 15.7. The number of hydrogen-bond donors (Lipinski definition) is 2. The average molecular weight is 464 g/mol. The first kappa shape index (κ1) is 20.7. The van der Waals surface area contributed by atoms with Gasteiger partial charge in [-0.15, -0.1) is 24.0 Å². The molecule has 0 spiro atoms. The summed E-state index contributed by atoms with van der Waals surface area (Å²) in [6.07, 6.45) is 1.15. The number of hydrogen-bond acceptors (Lipinski definition) is 2. The second-order valence-corrected chi connectivity index (χ2v) is 6.57. The van der Waals surface area contributed by atoms with E-state index in [2.05, 4.69) is 76.0 Å². The van der Waals surface area contributed by atoms with E-state index in [9.17, 15) is 0 Å². The average Bonchev–Trinajstić information content (AvgIpc) is 2.65. The van der Waals surface area contributed by atoms with Gasteiger partial charge in [0.1, 0.15) is 0 Å². The Balaban J connectivity index is 0.00000243. The van der Waals surface area contributed by atoms with E-state index in [1.807, 2.05) is 7.05 Å². The molecule has 0 radical (unpaired) electrons. The van der Waals surface area contributed by atoms with Gasteiger partial charge in [0, 0.05) is 39.8 Å². The summed E-state index contributed by atoms with van der Waals surface area (Å²) in [6.45, 7) is 7.04. The van der Waals surface area contributed by atoms with Gasteiger partial charge in [-0.1, -0.05) is 48.5 Å². The predicted octanol–water partition coefficient (Wildman–Crippen LogP) is 3.34. The first-order valence-corrected chi connectivity index (χ1v) is 9.04. The molecule has 140 valence electrons. The highest BCUT2D eigenvalue weighted by Crippen LogP contribution is 2.17. The quantitative estimate of drug-likeness (QED) is 0.405. The molecular weight excluding hydrogens is 435 g/mol. The van der Waals surface area contributed by atoms with E-state index in [0.717, 1.165) is 45.1 Å². The van der Waals surface area contributed by atoms with Crippen LogP contribution >= 0.6 is 24.0 Å². The minimum absolute atomic E-state index is 0. The lowest BCUT2D eigenvalue weighted by Crippen LogP contribution is -2.42. The van der Waals surface area contributed by atoms with Crippen LogP contribution in [-0.4, -0.2) is 37.5 Å². The molecule has 2 aromatic rings. The maximum atomic E-state index is 4.33. The fourth-order valence-electron chi connectivity index (χ4n) is 3.29. The van der Waals surface area contributed by atoms with E-state index in [1.54, 1.807) is 0 Å². The Morgan fingerprint density at radius 1 is 1.04 bits per heavy atom. The zero-order valence-corrected chi connectivity index (χ0v) is 18.0. The molecule has 0 aromatic heterocycles. The van der Waals surface area contributed by atoms with Crippen molar-refractivity contribution in [2.45, 2.75) is 26.4 Å². The molecule has 0 saturated heterocycles. The predicted molar refractivity (Wildman–Crippen MR) is 120 cm³/mol. The van der Waals surface area contributed by atoms with Crippen molar-refractivity contribution >= 4 is 29.9 Å². The highest BCUT2D eigenvalue weighted by atomic mass is 127. The first-order valence-electron chi connectivity index (χ1n) is 9.04. The van der Waals surface area contributed by atoms with Crippen molar-refractivity contribution in [2.24, 2.45) is 4.99 Å². The monoisotopic (exact) mass is 464 g/mol. The maximum Gasteiger partial charge on any atom is 0.191 e. The van der Waals surface area contributed by atoms with Crippen LogP contribution in [0.4, 0.5) is 0 Å². The van der Waals surface area contributed by atoms with Crippen LogP contribution in [0.5, 0.6) is 0 Å². The summed E-state index contributed by atoms with van der Waals surface area (Å²) in [5, 5.41) is 6.83. The third-order valence-electron chi connectivity index (χ3n) is 4.86. The van der Waals surface area contributed by atoms with E-state index < -0.39 is 0 Å². The minimum Gasteiger partial charge on any atom is -0.355 e. The molecule has 26 heavy (non-hydrogen) atoms. The molecule has 0 saturated carbocycles. The molecule has 0 fully saturated rings. The van der Waals surface area contributed by atoms with Crippen LogP contribution in [0.3, 0.4) is 0 Å². The lowest BCUT2D eigenvalue weighted by Gasteiger charge is -2.28. The Morgan fingerprint density at radius 3 is 2.54 bits per heavy atom. The van der Waals surface area contributed by atoms with Crippen LogP contribution in [0, 0.1) is 6.92 Å². The molecule has 0 unspecified atom stereocenters. The van der Waals surface area contributed by atoms with Crippen molar-refractivity contribution in [3.8, 4) is 0 Å². The van der Waals surface area contributed by atoms with Crippen LogP contribution in [0.25, 0.3) is 0 Å². The zero-order chi connectivity index (χ0) is 17.5. The summed E-state index contributed by atoms with van der Waals surface area (Å²) in [6, 6.07) is 17.2. The molecule has 0 aliphatic carbocycles. The second kappa shape index (κ2) is 10.5. The van der Waals surface area contributed by atoms with Gasteiger partial charge in [-0.25, -0.2) is 0 Å². The summed E-state index contributed by atoms with van der Waals surface area (Å²) in [4.78, 5) is 6.83. The van der Waals surface area contributed by atoms with Crippen LogP contribution in [0.15, 0.2) is 53.5 Å². The molecule has 0 amide bonds. The van der Waals surface area contributed by atoms with Crippen LogP contribution in [-0.2, 0) is 19.5 Å². The van der Waals surface area contributed by atoms with E-state index in [0.29, 0.717) is 0 Å². The molecule has 0 atom stereocenters. The third-order valence-corrected chi connectivity index (χ3v) is 4.86. The normalized spacial score (nSPS) is 14.3. The largest absolute Gasteiger partial charge is 0.355 e. The van der Waals surface area contributed by atoms with Gasteiger partial charge in [0.2, 0.25) is 0 Å². The van der Waals surface area contributed by atoms with Gasteiger partial charge in [0.25, 0.3) is 0 Å².